The van der Waals surface area contributed by atoms with Gasteiger partial charge in [-0.15, -0.1) is 0 Å². The molecule has 0 aliphatic carbocycles. The molecule has 0 heterocycles. The minimum absolute atomic E-state index is 0.0349. The Kier molecular flexibility index (Phi) is 5.92. The van der Waals surface area contributed by atoms with E-state index in [1.165, 1.54) is 0 Å². The topological polar surface area (TPSA) is 70.2 Å². The maximum Gasteiger partial charge on any atom is 0.269 e. The molecule has 0 fully saturated rings. The zero-order valence-electron chi connectivity index (χ0n) is 11.6. The Morgan fingerprint density at radius 2 is 1.17 bits per heavy atom. The number of carbonyl (C=O) groups is 2. The average Bonchev–Trinajstić information content (AvgIpc) is 2.54. The van der Waals surface area contributed by atoms with E-state index in [1.54, 1.807) is 48.5 Å². The molecule has 0 saturated heterocycles. The molecule has 2 amide bonds. The van der Waals surface area contributed by atoms with Gasteiger partial charge in [0.25, 0.3) is 11.8 Å². The third kappa shape index (κ3) is 5.21. The van der Waals surface area contributed by atoms with Gasteiger partial charge in [-0.3, -0.25) is 25.8 Å². The second-order valence-corrected chi connectivity index (χ2v) is 5.66. The predicted molar refractivity (Wildman–Crippen MR) is 93.6 cm³/mol. The highest BCUT2D eigenvalue weighted by Gasteiger charge is 2.09. The summed E-state index contributed by atoms with van der Waals surface area (Å²) in [7, 11) is 0. The predicted octanol–water partition coefficient (Wildman–Crippen LogP) is 2.94. The first kappa shape index (κ1) is 17.2. The summed E-state index contributed by atoms with van der Waals surface area (Å²) in [6, 6.07) is 12.6. The van der Waals surface area contributed by atoms with Crippen molar-refractivity contribution in [3.8, 4) is 0 Å². The average molecular weight is 368 g/mol. The molecule has 2 aromatic rings. The molecule has 0 radical (unpaired) electrons. The number of thiocarbonyl (C=S) groups is 1. The number of hydrogen-bond donors (Lipinski definition) is 3. The standard InChI is InChI=1S/C15H11Cl2N3O2S/c16-11-5-1-9(2-6-11)13(21)18-15(23)20-19-14(22)10-3-7-12(17)8-4-10/h1-8H,(H,19,22)(H2,18,20,21,23). The summed E-state index contributed by atoms with van der Waals surface area (Å²) in [4.78, 5) is 23.8. The normalized spacial score (nSPS) is 9.83. The van der Waals surface area contributed by atoms with Crippen LogP contribution in [-0.4, -0.2) is 16.9 Å². The monoisotopic (exact) mass is 367 g/mol. The molecule has 0 aliphatic heterocycles. The molecular weight excluding hydrogens is 357 g/mol. The number of hydrazine groups is 1. The fraction of sp³-hybridized carbons (Fsp3) is 0. The van der Waals surface area contributed by atoms with Crippen molar-refractivity contribution in [3.05, 3.63) is 69.7 Å². The van der Waals surface area contributed by atoms with Crippen molar-refractivity contribution in [3.63, 3.8) is 0 Å². The number of benzene rings is 2. The molecule has 0 spiro atoms. The Balaban J connectivity index is 1.85. The zero-order valence-corrected chi connectivity index (χ0v) is 13.9. The maximum absolute atomic E-state index is 11.9. The Morgan fingerprint density at radius 3 is 1.65 bits per heavy atom. The third-order valence-electron chi connectivity index (χ3n) is 2.73. The summed E-state index contributed by atoms with van der Waals surface area (Å²) >= 11 is 16.4. The molecule has 0 bridgehead atoms. The van der Waals surface area contributed by atoms with Crippen molar-refractivity contribution in [2.24, 2.45) is 0 Å². The van der Waals surface area contributed by atoms with Gasteiger partial charge in [-0.1, -0.05) is 23.2 Å². The van der Waals surface area contributed by atoms with Gasteiger partial charge < -0.3 is 0 Å². The lowest BCUT2D eigenvalue weighted by molar-refractivity contribution is 0.0934. The van der Waals surface area contributed by atoms with Crippen LogP contribution in [0.15, 0.2) is 48.5 Å². The van der Waals surface area contributed by atoms with Crippen molar-refractivity contribution in [1.29, 1.82) is 0 Å². The van der Waals surface area contributed by atoms with E-state index >= 15 is 0 Å². The highest BCUT2D eigenvalue weighted by molar-refractivity contribution is 7.80. The smallest absolute Gasteiger partial charge is 0.269 e. The van der Waals surface area contributed by atoms with E-state index in [2.05, 4.69) is 16.2 Å². The first-order valence-electron chi connectivity index (χ1n) is 6.38. The van der Waals surface area contributed by atoms with Crippen molar-refractivity contribution in [2.45, 2.75) is 0 Å². The lowest BCUT2D eigenvalue weighted by atomic mass is 10.2. The maximum atomic E-state index is 11.9. The van der Waals surface area contributed by atoms with Gasteiger partial charge in [0.2, 0.25) is 0 Å². The molecule has 0 aromatic heterocycles. The van der Waals surface area contributed by atoms with Crippen LogP contribution < -0.4 is 16.2 Å². The molecule has 0 atom stereocenters. The van der Waals surface area contributed by atoms with Gasteiger partial charge in [0, 0.05) is 21.2 Å². The quantitative estimate of drug-likeness (QED) is 0.563. The van der Waals surface area contributed by atoms with Crippen LogP contribution in [0.25, 0.3) is 0 Å². The van der Waals surface area contributed by atoms with Crippen LogP contribution >= 0.6 is 35.4 Å². The van der Waals surface area contributed by atoms with E-state index in [0.717, 1.165) is 0 Å². The molecule has 5 nitrogen and oxygen atoms in total. The molecule has 8 heteroatoms. The summed E-state index contributed by atoms with van der Waals surface area (Å²) in [5.74, 6) is -0.829. The van der Waals surface area contributed by atoms with E-state index in [1.807, 2.05) is 0 Å². The number of rotatable bonds is 2. The Labute approximate surface area is 147 Å². The van der Waals surface area contributed by atoms with Crippen molar-refractivity contribution in [1.82, 2.24) is 16.2 Å². The molecule has 0 aliphatic rings. The lowest BCUT2D eigenvalue weighted by Crippen LogP contribution is -2.48. The van der Waals surface area contributed by atoms with E-state index < -0.39 is 11.8 Å². The van der Waals surface area contributed by atoms with Crippen LogP contribution in [-0.2, 0) is 0 Å². The molecule has 0 unspecified atom stereocenters. The molecule has 118 valence electrons. The van der Waals surface area contributed by atoms with Gasteiger partial charge in [0.1, 0.15) is 0 Å². The summed E-state index contributed by atoms with van der Waals surface area (Å²) < 4.78 is 0. The highest BCUT2D eigenvalue weighted by Crippen LogP contribution is 2.10. The fourth-order valence-electron chi connectivity index (χ4n) is 1.59. The number of amides is 2. The summed E-state index contributed by atoms with van der Waals surface area (Å²) in [5, 5.41) is 3.45. The second kappa shape index (κ2) is 7.92. The molecule has 3 N–H and O–H groups in total. The third-order valence-corrected chi connectivity index (χ3v) is 3.44. The SMILES string of the molecule is O=C(NNC(=S)NC(=O)c1ccc(Cl)cc1)c1ccc(Cl)cc1. The van der Waals surface area contributed by atoms with E-state index in [4.69, 9.17) is 35.4 Å². The number of halogens is 2. The van der Waals surface area contributed by atoms with Gasteiger partial charge in [0.05, 0.1) is 0 Å². The van der Waals surface area contributed by atoms with E-state index in [9.17, 15) is 9.59 Å². The van der Waals surface area contributed by atoms with Crippen LogP contribution in [0.3, 0.4) is 0 Å². The number of carbonyl (C=O) groups excluding carboxylic acids is 2. The Morgan fingerprint density at radius 1 is 0.739 bits per heavy atom. The fourth-order valence-corrected chi connectivity index (χ4v) is 1.99. The van der Waals surface area contributed by atoms with Gasteiger partial charge in [-0.2, -0.15) is 0 Å². The van der Waals surface area contributed by atoms with E-state index in [-0.39, 0.29) is 5.11 Å². The minimum Gasteiger partial charge on any atom is -0.298 e. The van der Waals surface area contributed by atoms with Gasteiger partial charge >= 0.3 is 0 Å². The van der Waals surface area contributed by atoms with Gasteiger partial charge in [-0.25, -0.2) is 0 Å². The van der Waals surface area contributed by atoms with Crippen LogP contribution in [0.1, 0.15) is 20.7 Å². The molecule has 23 heavy (non-hydrogen) atoms. The van der Waals surface area contributed by atoms with Gasteiger partial charge in [-0.05, 0) is 60.7 Å². The number of hydrogen-bond acceptors (Lipinski definition) is 3. The van der Waals surface area contributed by atoms with Crippen LogP contribution in [0.2, 0.25) is 10.0 Å². The Hall–Kier alpha value is -2.15. The summed E-state index contributed by atoms with van der Waals surface area (Å²) in [6.45, 7) is 0. The zero-order chi connectivity index (χ0) is 16.8. The van der Waals surface area contributed by atoms with Crippen molar-refractivity contribution >= 4 is 52.3 Å². The minimum atomic E-state index is -0.417. The molecule has 0 saturated carbocycles. The van der Waals surface area contributed by atoms with E-state index in [0.29, 0.717) is 21.2 Å². The van der Waals surface area contributed by atoms with Crippen LogP contribution in [0.4, 0.5) is 0 Å². The number of nitrogens with one attached hydrogen (secondary N) is 3. The molecule has 2 rings (SSSR count). The highest BCUT2D eigenvalue weighted by atomic mass is 35.5. The van der Waals surface area contributed by atoms with Crippen molar-refractivity contribution < 1.29 is 9.59 Å². The summed E-state index contributed by atoms with van der Waals surface area (Å²) in [5.41, 5.74) is 5.61. The van der Waals surface area contributed by atoms with Gasteiger partial charge in [0.15, 0.2) is 5.11 Å². The van der Waals surface area contributed by atoms with Crippen LogP contribution in [0.5, 0.6) is 0 Å². The first-order valence-corrected chi connectivity index (χ1v) is 7.55. The summed E-state index contributed by atoms with van der Waals surface area (Å²) in [6.07, 6.45) is 0. The largest absolute Gasteiger partial charge is 0.298 e. The molecule has 2 aromatic carbocycles. The first-order chi connectivity index (χ1) is 11.0. The molecular formula is C15H11Cl2N3O2S. The Bertz CT molecular complexity index is 733. The van der Waals surface area contributed by atoms with Crippen molar-refractivity contribution in [2.75, 3.05) is 0 Å². The lowest BCUT2D eigenvalue weighted by Gasteiger charge is -2.11. The second-order valence-electron chi connectivity index (χ2n) is 4.38. The van der Waals surface area contributed by atoms with Crippen LogP contribution in [0, 0.1) is 0 Å².